The monoisotopic (exact) mass is 390 g/mol. The molecule has 5 nitrogen and oxygen atoms in total. The van der Waals surface area contributed by atoms with E-state index < -0.39 is 11.6 Å². The van der Waals surface area contributed by atoms with Crippen molar-refractivity contribution in [3.05, 3.63) is 66.1 Å². The molecule has 140 valence electrons. The van der Waals surface area contributed by atoms with Crippen LogP contribution in [0.25, 0.3) is 11.5 Å². The molecular weight excluding hydrogens is 374 g/mol. The van der Waals surface area contributed by atoms with E-state index in [1.165, 1.54) is 17.8 Å². The lowest BCUT2D eigenvalue weighted by molar-refractivity contribution is -0.113. The van der Waals surface area contributed by atoms with Gasteiger partial charge in [-0.1, -0.05) is 0 Å². The number of rotatable bonds is 7. The molecule has 0 aliphatic heterocycles. The lowest BCUT2D eigenvalue weighted by Gasteiger charge is -2.05. The second kappa shape index (κ2) is 8.68. The van der Waals surface area contributed by atoms with E-state index in [9.17, 15) is 13.6 Å². The average Bonchev–Trinajstić information content (AvgIpc) is 3.14. The maximum atomic E-state index is 13.1. The molecule has 27 heavy (non-hydrogen) atoms. The summed E-state index contributed by atoms with van der Waals surface area (Å²) >= 11 is 1.33. The van der Waals surface area contributed by atoms with Crippen molar-refractivity contribution in [3.63, 3.8) is 0 Å². The highest BCUT2D eigenvalue weighted by Crippen LogP contribution is 2.23. The molecule has 0 radical (unpaired) electrons. The summed E-state index contributed by atoms with van der Waals surface area (Å²) in [7, 11) is 1.60. The Morgan fingerprint density at radius 3 is 2.67 bits per heavy atom. The van der Waals surface area contributed by atoms with Crippen LogP contribution in [0.1, 0.15) is 5.69 Å². The summed E-state index contributed by atoms with van der Waals surface area (Å²) in [5.74, 6) is -0.429. The third-order valence-electron chi connectivity index (χ3n) is 3.58. The van der Waals surface area contributed by atoms with Crippen molar-refractivity contribution in [1.82, 2.24) is 4.98 Å². The van der Waals surface area contributed by atoms with E-state index in [1.807, 2.05) is 24.3 Å². The molecule has 2 aromatic carbocycles. The Kier molecular flexibility index (Phi) is 6.08. The Labute approximate surface area is 158 Å². The van der Waals surface area contributed by atoms with Crippen LogP contribution in [0.2, 0.25) is 0 Å². The zero-order chi connectivity index (χ0) is 19.2. The van der Waals surface area contributed by atoms with Gasteiger partial charge in [0.25, 0.3) is 0 Å². The lowest BCUT2D eigenvalue weighted by Crippen LogP contribution is -2.14. The molecule has 0 unspecified atom stereocenters. The number of nitrogens with zero attached hydrogens (tertiary/aromatic N) is 1. The second-order valence-electron chi connectivity index (χ2n) is 5.54. The molecule has 0 atom stereocenters. The molecule has 1 amide bonds. The van der Waals surface area contributed by atoms with E-state index in [2.05, 4.69) is 10.3 Å². The van der Waals surface area contributed by atoms with Crippen molar-refractivity contribution >= 4 is 23.4 Å². The largest absolute Gasteiger partial charge is 0.497 e. The van der Waals surface area contributed by atoms with Crippen LogP contribution in [0.15, 0.2) is 53.1 Å². The number of carbonyl (C=O) groups is 1. The highest BCUT2D eigenvalue weighted by molar-refractivity contribution is 7.99. The van der Waals surface area contributed by atoms with E-state index in [-0.39, 0.29) is 17.3 Å². The van der Waals surface area contributed by atoms with Gasteiger partial charge in [-0.05, 0) is 36.4 Å². The molecule has 1 N–H and O–H groups in total. The summed E-state index contributed by atoms with van der Waals surface area (Å²) in [5, 5.41) is 2.52. The van der Waals surface area contributed by atoms with Gasteiger partial charge in [0.1, 0.15) is 12.0 Å². The van der Waals surface area contributed by atoms with Gasteiger partial charge in [0.05, 0.1) is 18.6 Å². The SMILES string of the molecule is COc1ccc(-c2nc(CSCC(=O)Nc3ccc(F)c(F)c3)co2)cc1. The maximum absolute atomic E-state index is 13.1. The molecule has 0 fully saturated rings. The van der Waals surface area contributed by atoms with Crippen molar-refractivity contribution < 1.29 is 22.7 Å². The Morgan fingerprint density at radius 1 is 1.19 bits per heavy atom. The Hall–Kier alpha value is -2.87. The van der Waals surface area contributed by atoms with Crippen LogP contribution in [-0.4, -0.2) is 23.8 Å². The first-order valence-electron chi connectivity index (χ1n) is 7.96. The quantitative estimate of drug-likeness (QED) is 0.644. The summed E-state index contributed by atoms with van der Waals surface area (Å²) in [5.41, 5.74) is 1.73. The Bertz CT molecular complexity index is 929. The molecule has 1 aromatic heterocycles. The van der Waals surface area contributed by atoms with E-state index in [1.54, 1.807) is 13.4 Å². The number of methoxy groups -OCH3 is 1. The van der Waals surface area contributed by atoms with Crippen LogP contribution in [0.3, 0.4) is 0 Å². The number of hydrogen-bond acceptors (Lipinski definition) is 5. The average molecular weight is 390 g/mol. The molecule has 3 rings (SSSR count). The summed E-state index contributed by atoms with van der Waals surface area (Å²) in [6.07, 6.45) is 1.54. The standard InChI is InChI=1S/C19H16F2N2O3S/c1-25-15-5-2-12(3-6-15)19-23-14(9-26-19)10-27-11-18(24)22-13-4-7-16(20)17(21)8-13/h2-9H,10-11H2,1H3,(H,22,24). The summed E-state index contributed by atoms with van der Waals surface area (Å²) in [4.78, 5) is 16.3. The van der Waals surface area contributed by atoms with Gasteiger partial charge in [-0.2, -0.15) is 0 Å². The minimum atomic E-state index is -1.01. The van der Waals surface area contributed by atoms with Gasteiger partial charge >= 0.3 is 0 Å². The number of thioether (sulfide) groups is 1. The molecule has 3 aromatic rings. The van der Waals surface area contributed by atoms with Crippen LogP contribution >= 0.6 is 11.8 Å². The Morgan fingerprint density at radius 2 is 1.96 bits per heavy atom. The number of nitrogens with one attached hydrogen (secondary N) is 1. The molecule has 0 saturated heterocycles. The highest BCUT2D eigenvalue weighted by Gasteiger charge is 2.10. The zero-order valence-electron chi connectivity index (χ0n) is 14.4. The normalized spacial score (nSPS) is 10.6. The van der Waals surface area contributed by atoms with Gasteiger partial charge in [-0.25, -0.2) is 13.8 Å². The number of hydrogen-bond donors (Lipinski definition) is 1. The third kappa shape index (κ3) is 5.07. The van der Waals surface area contributed by atoms with E-state index in [4.69, 9.17) is 9.15 Å². The predicted molar refractivity (Wildman–Crippen MR) is 99.6 cm³/mol. The maximum Gasteiger partial charge on any atom is 0.234 e. The number of carbonyl (C=O) groups excluding carboxylic acids is 1. The molecule has 0 aliphatic carbocycles. The number of oxazole rings is 1. The fraction of sp³-hybridized carbons (Fsp3) is 0.158. The van der Waals surface area contributed by atoms with Crippen molar-refractivity contribution in [2.24, 2.45) is 0 Å². The van der Waals surface area contributed by atoms with Gasteiger partial charge in [0.15, 0.2) is 11.6 Å². The Balaban J connectivity index is 1.49. The van der Waals surface area contributed by atoms with E-state index in [0.29, 0.717) is 17.3 Å². The number of benzene rings is 2. The number of amides is 1. The highest BCUT2D eigenvalue weighted by atomic mass is 32.2. The molecule has 8 heteroatoms. The summed E-state index contributed by atoms with van der Waals surface area (Å²) in [6.45, 7) is 0. The fourth-order valence-corrected chi connectivity index (χ4v) is 2.96. The van der Waals surface area contributed by atoms with Gasteiger partial charge in [0.2, 0.25) is 11.8 Å². The first-order valence-corrected chi connectivity index (χ1v) is 9.12. The molecular formula is C19H16F2N2O3S. The van der Waals surface area contributed by atoms with Gasteiger partial charge in [-0.15, -0.1) is 11.8 Å². The molecule has 0 aliphatic rings. The van der Waals surface area contributed by atoms with Gasteiger partial charge in [-0.3, -0.25) is 4.79 Å². The predicted octanol–water partition coefficient (Wildman–Crippen LogP) is 4.50. The van der Waals surface area contributed by atoms with Crippen molar-refractivity contribution in [2.45, 2.75) is 5.75 Å². The van der Waals surface area contributed by atoms with Crippen LogP contribution in [0.4, 0.5) is 14.5 Å². The first-order chi connectivity index (χ1) is 13.0. The smallest absolute Gasteiger partial charge is 0.234 e. The van der Waals surface area contributed by atoms with Crippen LogP contribution in [0, 0.1) is 11.6 Å². The van der Waals surface area contributed by atoms with Crippen molar-refractivity contribution in [3.8, 4) is 17.2 Å². The minimum absolute atomic E-state index is 0.143. The molecule has 1 heterocycles. The summed E-state index contributed by atoms with van der Waals surface area (Å²) in [6, 6.07) is 10.5. The lowest BCUT2D eigenvalue weighted by atomic mass is 10.2. The second-order valence-corrected chi connectivity index (χ2v) is 6.53. The van der Waals surface area contributed by atoms with Gasteiger partial charge in [0, 0.05) is 23.1 Å². The zero-order valence-corrected chi connectivity index (χ0v) is 15.2. The first kappa shape index (κ1) is 18.9. The summed E-state index contributed by atoms with van der Waals surface area (Å²) < 4.78 is 36.6. The molecule has 0 saturated carbocycles. The van der Waals surface area contributed by atoms with Crippen LogP contribution in [-0.2, 0) is 10.5 Å². The van der Waals surface area contributed by atoms with Gasteiger partial charge < -0.3 is 14.5 Å². The van der Waals surface area contributed by atoms with E-state index in [0.717, 1.165) is 23.4 Å². The number of ether oxygens (including phenoxy) is 1. The topological polar surface area (TPSA) is 64.4 Å². The number of halogens is 2. The minimum Gasteiger partial charge on any atom is -0.497 e. The molecule has 0 spiro atoms. The van der Waals surface area contributed by atoms with Crippen LogP contribution < -0.4 is 10.1 Å². The van der Waals surface area contributed by atoms with Crippen LogP contribution in [0.5, 0.6) is 5.75 Å². The molecule has 0 bridgehead atoms. The number of anilines is 1. The van der Waals surface area contributed by atoms with E-state index >= 15 is 0 Å². The van der Waals surface area contributed by atoms with Crippen molar-refractivity contribution in [2.75, 3.05) is 18.2 Å². The number of aromatic nitrogens is 1. The third-order valence-corrected chi connectivity index (χ3v) is 4.54. The van der Waals surface area contributed by atoms with Crippen molar-refractivity contribution in [1.29, 1.82) is 0 Å². The fourth-order valence-electron chi connectivity index (χ4n) is 2.26.